The smallest absolute Gasteiger partial charge is 0.221 e. The van der Waals surface area contributed by atoms with Gasteiger partial charge in [-0.2, -0.15) is 0 Å². The van der Waals surface area contributed by atoms with Gasteiger partial charge in [-0.3, -0.25) is 9.79 Å². The molecule has 1 fully saturated rings. The molecule has 6 nitrogen and oxygen atoms in total. The van der Waals surface area contributed by atoms with Gasteiger partial charge in [0.2, 0.25) is 5.91 Å². The second-order valence-electron chi connectivity index (χ2n) is 7.41. The van der Waals surface area contributed by atoms with Gasteiger partial charge in [0.1, 0.15) is 0 Å². The van der Waals surface area contributed by atoms with Crippen LogP contribution in [0.15, 0.2) is 41.5 Å². The lowest BCUT2D eigenvalue weighted by atomic mass is 10.2. The minimum absolute atomic E-state index is 0.134. The summed E-state index contributed by atoms with van der Waals surface area (Å²) in [6.45, 7) is 5.15. The van der Waals surface area contributed by atoms with E-state index in [1.165, 1.54) is 23.7 Å². The van der Waals surface area contributed by atoms with E-state index in [9.17, 15) is 4.79 Å². The molecule has 0 aliphatic heterocycles. The van der Waals surface area contributed by atoms with Crippen molar-refractivity contribution in [1.82, 2.24) is 20.5 Å². The molecule has 6 heteroatoms. The van der Waals surface area contributed by atoms with E-state index in [-0.39, 0.29) is 5.91 Å². The lowest BCUT2D eigenvalue weighted by Crippen LogP contribution is -2.40. The van der Waals surface area contributed by atoms with Gasteiger partial charge < -0.3 is 20.5 Å². The zero-order valence-electron chi connectivity index (χ0n) is 16.9. The average molecular weight is 384 g/mol. The van der Waals surface area contributed by atoms with Gasteiger partial charge >= 0.3 is 0 Å². The topological polar surface area (TPSA) is 70.5 Å². The van der Waals surface area contributed by atoms with Crippen molar-refractivity contribution in [3.8, 4) is 0 Å². The van der Waals surface area contributed by atoms with E-state index in [0.717, 1.165) is 44.9 Å². The van der Waals surface area contributed by atoms with Crippen molar-refractivity contribution in [2.45, 2.75) is 58.0 Å². The Bertz CT molecular complexity index is 776. The van der Waals surface area contributed by atoms with Crippen LogP contribution in [-0.4, -0.2) is 42.1 Å². The summed E-state index contributed by atoms with van der Waals surface area (Å²) in [6.07, 6.45) is 8.31. The van der Waals surface area contributed by atoms with Crippen LogP contribution in [0.1, 0.15) is 45.4 Å². The molecule has 2 aromatic rings. The average Bonchev–Trinajstić information content (AvgIpc) is 3.35. The molecule has 1 saturated carbocycles. The summed E-state index contributed by atoms with van der Waals surface area (Å²) in [5, 5.41) is 10.9. The van der Waals surface area contributed by atoms with Gasteiger partial charge in [0.15, 0.2) is 5.96 Å². The Balaban J connectivity index is 1.39. The van der Waals surface area contributed by atoms with Crippen molar-refractivity contribution >= 4 is 22.8 Å². The highest BCUT2D eigenvalue weighted by Gasteiger charge is 2.16. The number of carbonyl (C=O) groups excluding carboxylic acids is 1. The number of para-hydroxylation sites is 1. The zero-order valence-corrected chi connectivity index (χ0v) is 16.9. The van der Waals surface area contributed by atoms with Crippen LogP contribution in [-0.2, 0) is 11.3 Å². The molecule has 0 bridgehead atoms. The Labute approximate surface area is 167 Å². The van der Waals surface area contributed by atoms with Crippen molar-refractivity contribution in [1.29, 1.82) is 0 Å². The highest BCUT2D eigenvalue weighted by Crippen LogP contribution is 2.17. The fourth-order valence-electron chi connectivity index (χ4n) is 3.77. The van der Waals surface area contributed by atoms with Crippen molar-refractivity contribution < 1.29 is 4.79 Å². The van der Waals surface area contributed by atoms with Crippen LogP contribution in [0.4, 0.5) is 0 Å². The minimum atomic E-state index is 0.134. The van der Waals surface area contributed by atoms with E-state index in [1.54, 1.807) is 0 Å². The molecule has 1 aromatic carbocycles. The lowest BCUT2D eigenvalue weighted by molar-refractivity contribution is -0.121. The standard InChI is InChI=1S/C22H33N5O/c1-2-23-22(25-15-12-21(28)26-19-9-4-5-10-19)24-14-7-16-27-17-13-18-8-3-6-11-20(18)27/h3,6,8,11,13,17,19H,2,4-5,7,9-10,12,14-16H2,1H3,(H,26,28)(H2,23,24,25). The van der Waals surface area contributed by atoms with Crippen LogP contribution >= 0.6 is 0 Å². The molecule has 28 heavy (non-hydrogen) atoms. The number of carbonyl (C=O) groups is 1. The third kappa shape index (κ3) is 6.01. The predicted molar refractivity (Wildman–Crippen MR) is 116 cm³/mol. The Morgan fingerprint density at radius 2 is 2.00 bits per heavy atom. The van der Waals surface area contributed by atoms with E-state index in [1.807, 2.05) is 0 Å². The van der Waals surface area contributed by atoms with E-state index in [4.69, 9.17) is 0 Å². The maximum atomic E-state index is 12.0. The van der Waals surface area contributed by atoms with Crippen molar-refractivity contribution in [2.75, 3.05) is 19.6 Å². The third-order valence-corrected chi connectivity index (χ3v) is 5.22. The van der Waals surface area contributed by atoms with E-state index >= 15 is 0 Å². The lowest BCUT2D eigenvalue weighted by Gasteiger charge is -2.14. The van der Waals surface area contributed by atoms with Gasteiger partial charge in [-0.15, -0.1) is 0 Å². The molecular formula is C22H33N5O. The quantitative estimate of drug-likeness (QED) is 0.354. The van der Waals surface area contributed by atoms with Crippen LogP contribution < -0.4 is 16.0 Å². The van der Waals surface area contributed by atoms with E-state index < -0.39 is 0 Å². The van der Waals surface area contributed by atoms with Crippen LogP contribution in [0.2, 0.25) is 0 Å². The van der Waals surface area contributed by atoms with Crippen molar-refractivity contribution in [2.24, 2.45) is 4.99 Å². The fourth-order valence-corrected chi connectivity index (χ4v) is 3.77. The molecule has 1 amide bonds. The van der Waals surface area contributed by atoms with Gasteiger partial charge in [0.05, 0.1) is 0 Å². The van der Waals surface area contributed by atoms with Crippen LogP contribution in [0.3, 0.4) is 0 Å². The summed E-state index contributed by atoms with van der Waals surface area (Å²) in [5.41, 5.74) is 1.27. The summed E-state index contributed by atoms with van der Waals surface area (Å²) in [7, 11) is 0. The van der Waals surface area contributed by atoms with E-state index in [0.29, 0.717) is 19.0 Å². The number of aliphatic imine (C=N–C) groups is 1. The summed E-state index contributed by atoms with van der Waals surface area (Å²) < 4.78 is 2.28. The number of nitrogens with zero attached hydrogens (tertiary/aromatic N) is 2. The number of fused-ring (bicyclic) bond motifs is 1. The third-order valence-electron chi connectivity index (χ3n) is 5.22. The van der Waals surface area contributed by atoms with E-state index in [2.05, 4.69) is 69.0 Å². The summed E-state index contributed by atoms with van der Waals surface area (Å²) in [4.78, 5) is 16.7. The molecule has 1 aliphatic carbocycles. The molecule has 3 N–H and O–H groups in total. The molecular weight excluding hydrogens is 350 g/mol. The molecule has 0 unspecified atom stereocenters. The molecule has 3 rings (SSSR count). The number of amides is 1. The number of guanidine groups is 1. The number of aromatic nitrogens is 1. The summed E-state index contributed by atoms with van der Waals surface area (Å²) in [5.74, 6) is 0.920. The fraction of sp³-hybridized carbons (Fsp3) is 0.545. The van der Waals surface area contributed by atoms with Gasteiger partial charge in [0, 0.05) is 50.4 Å². The largest absolute Gasteiger partial charge is 0.357 e. The van der Waals surface area contributed by atoms with Crippen molar-refractivity contribution in [3.05, 3.63) is 36.5 Å². The Morgan fingerprint density at radius 1 is 1.18 bits per heavy atom. The molecule has 152 valence electrons. The van der Waals surface area contributed by atoms with Gasteiger partial charge in [-0.25, -0.2) is 0 Å². The summed E-state index contributed by atoms with van der Waals surface area (Å²) >= 11 is 0. The van der Waals surface area contributed by atoms with Crippen LogP contribution in [0.25, 0.3) is 10.9 Å². The van der Waals surface area contributed by atoms with Gasteiger partial charge in [-0.1, -0.05) is 31.0 Å². The molecule has 0 saturated heterocycles. The first-order chi connectivity index (χ1) is 13.8. The minimum Gasteiger partial charge on any atom is -0.357 e. The Hall–Kier alpha value is -2.50. The molecule has 0 atom stereocenters. The van der Waals surface area contributed by atoms with Crippen molar-refractivity contribution in [3.63, 3.8) is 0 Å². The first-order valence-corrected chi connectivity index (χ1v) is 10.6. The molecule has 0 spiro atoms. The number of benzene rings is 1. The molecule has 1 aromatic heterocycles. The number of hydrogen-bond donors (Lipinski definition) is 3. The monoisotopic (exact) mass is 383 g/mol. The highest BCUT2D eigenvalue weighted by molar-refractivity contribution is 5.81. The second-order valence-corrected chi connectivity index (χ2v) is 7.41. The number of rotatable bonds is 9. The SMILES string of the molecule is CCNC(=NCCCn1ccc2ccccc21)NCCC(=O)NC1CCCC1. The first kappa shape index (κ1) is 20.2. The maximum absolute atomic E-state index is 12.0. The maximum Gasteiger partial charge on any atom is 0.221 e. The number of aryl methyl sites for hydroxylation is 1. The second kappa shape index (κ2) is 10.7. The Morgan fingerprint density at radius 3 is 2.82 bits per heavy atom. The van der Waals surface area contributed by atoms with Gasteiger partial charge in [0.25, 0.3) is 0 Å². The number of hydrogen-bond acceptors (Lipinski definition) is 2. The van der Waals surface area contributed by atoms with Gasteiger partial charge in [-0.05, 0) is 43.7 Å². The summed E-state index contributed by atoms with van der Waals surface area (Å²) in [6, 6.07) is 11.0. The normalized spacial score (nSPS) is 15.1. The zero-order chi connectivity index (χ0) is 19.6. The van der Waals surface area contributed by atoms with Crippen LogP contribution in [0, 0.1) is 0 Å². The molecule has 1 heterocycles. The number of nitrogens with one attached hydrogen (secondary N) is 3. The highest BCUT2D eigenvalue weighted by atomic mass is 16.1. The Kier molecular flexibility index (Phi) is 7.76. The van der Waals surface area contributed by atoms with Crippen LogP contribution in [0.5, 0.6) is 0 Å². The predicted octanol–water partition coefficient (Wildman–Crippen LogP) is 3.04. The first-order valence-electron chi connectivity index (χ1n) is 10.6. The molecule has 1 aliphatic rings. The molecule has 0 radical (unpaired) electrons.